The molecule has 0 saturated carbocycles. The Labute approximate surface area is 154 Å². The van der Waals surface area contributed by atoms with E-state index in [4.69, 9.17) is 33.0 Å². The van der Waals surface area contributed by atoms with Gasteiger partial charge in [0.05, 0.1) is 9.93 Å². The predicted molar refractivity (Wildman–Crippen MR) is 100 cm³/mol. The summed E-state index contributed by atoms with van der Waals surface area (Å²) < 4.78 is 11.9. The maximum Gasteiger partial charge on any atom is 0.266 e. The first-order valence-corrected chi connectivity index (χ1v) is 8.90. The number of nitrogens with zero attached hydrogens (tertiary/aromatic N) is 1. The number of hydrogen-bond donors (Lipinski definition) is 0. The van der Waals surface area contributed by atoms with Crippen LogP contribution in [0, 0.1) is 0 Å². The molecule has 0 bridgehead atoms. The molecule has 7 heteroatoms. The minimum atomic E-state index is -0.0854. The first-order valence-electron chi connectivity index (χ1n) is 7.30. The van der Waals surface area contributed by atoms with E-state index in [1.165, 1.54) is 11.8 Å². The normalized spacial score (nSPS) is 16.2. The Balaban J connectivity index is 1.68. The van der Waals surface area contributed by atoms with Gasteiger partial charge in [0, 0.05) is 12.6 Å². The van der Waals surface area contributed by atoms with Crippen molar-refractivity contribution in [1.29, 1.82) is 0 Å². The van der Waals surface area contributed by atoms with Crippen molar-refractivity contribution >= 4 is 51.9 Å². The summed E-state index contributed by atoms with van der Waals surface area (Å²) in [6.45, 7) is 2.72. The summed E-state index contributed by atoms with van der Waals surface area (Å²) in [6.07, 6.45) is 1.70. The molecule has 2 aromatic rings. The number of carbonyl (C=O) groups excluding carboxylic acids is 1. The highest BCUT2D eigenvalue weighted by molar-refractivity contribution is 8.26. The van der Waals surface area contributed by atoms with Crippen LogP contribution in [0.2, 0.25) is 5.02 Å². The fourth-order valence-corrected chi connectivity index (χ4v) is 3.72. The molecule has 1 amide bonds. The number of halogens is 1. The second-order valence-electron chi connectivity index (χ2n) is 4.95. The van der Waals surface area contributed by atoms with Crippen LogP contribution in [0.1, 0.15) is 18.4 Å². The van der Waals surface area contributed by atoms with Crippen molar-refractivity contribution in [3.8, 4) is 5.75 Å². The Bertz CT molecular complexity index is 816. The number of para-hydroxylation sites is 1. The zero-order valence-corrected chi connectivity index (χ0v) is 15.2. The van der Waals surface area contributed by atoms with Crippen LogP contribution in [0.5, 0.6) is 5.75 Å². The predicted octanol–water partition coefficient (Wildman–Crippen LogP) is 4.73. The number of thioether (sulfide) groups is 1. The topological polar surface area (TPSA) is 42.7 Å². The monoisotopic (exact) mass is 379 g/mol. The Morgan fingerprint density at radius 1 is 1.33 bits per heavy atom. The van der Waals surface area contributed by atoms with E-state index >= 15 is 0 Å². The lowest BCUT2D eigenvalue weighted by Crippen LogP contribution is -2.27. The fourth-order valence-electron chi connectivity index (χ4n) is 2.16. The molecule has 3 rings (SSSR count). The van der Waals surface area contributed by atoms with Gasteiger partial charge in [0.15, 0.2) is 0 Å². The number of furan rings is 1. The third-order valence-electron chi connectivity index (χ3n) is 3.35. The Morgan fingerprint density at radius 3 is 2.83 bits per heavy atom. The quantitative estimate of drug-likeness (QED) is 0.554. The average molecular weight is 380 g/mol. The zero-order valence-electron chi connectivity index (χ0n) is 12.8. The van der Waals surface area contributed by atoms with E-state index in [2.05, 4.69) is 0 Å². The highest BCUT2D eigenvalue weighted by Gasteiger charge is 2.30. The molecule has 0 radical (unpaired) electrons. The Kier molecular flexibility index (Phi) is 5.28. The van der Waals surface area contributed by atoms with Gasteiger partial charge in [-0.3, -0.25) is 9.69 Å². The lowest BCUT2D eigenvalue weighted by atomic mass is 10.3. The second-order valence-corrected chi connectivity index (χ2v) is 7.03. The number of hydrogen-bond acceptors (Lipinski definition) is 5. The molecule has 1 aromatic carbocycles. The summed E-state index contributed by atoms with van der Waals surface area (Å²) >= 11 is 12.5. The Morgan fingerprint density at radius 2 is 2.12 bits per heavy atom. The largest absolute Gasteiger partial charge is 0.484 e. The van der Waals surface area contributed by atoms with Crippen molar-refractivity contribution in [2.45, 2.75) is 13.5 Å². The minimum absolute atomic E-state index is 0.0854. The van der Waals surface area contributed by atoms with Crippen molar-refractivity contribution < 1.29 is 13.9 Å². The van der Waals surface area contributed by atoms with Gasteiger partial charge in [0.25, 0.3) is 5.91 Å². The van der Waals surface area contributed by atoms with Gasteiger partial charge < -0.3 is 9.15 Å². The van der Waals surface area contributed by atoms with E-state index in [9.17, 15) is 4.79 Å². The van der Waals surface area contributed by atoms with E-state index < -0.39 is 0 Å². The standard InChI is InChI=1S/C17H14ClNO3S2/c1-2-19-16(20)15(24-17(19)23)9-11-7-8-12(22-11)10-21-14-6-4-3-5-13(14)18/h3-9H,2,10H2,1H3/b15-9+. The molecule has 1 aliphatic heterocycles. The fraction of sp³-hybridized carbons (Fsp3) is 0.176. The zero-order chi connectivity index (χ0) is 17.1. The molecule has 1 fully saturated rings. The molecule has 2 heterocycles. The summed E-state index contributed by atoms with van der Waals surface area (Å²) in [7, 11) is 0. The first-order chi connectivity index (χ1) is 11.6. The molecule has 124 valence electrons. The van der Waals surface area contributed by atoms with Gasteiger partial charge in [-0.15, -0.1) is 0 Å². The van der Waals surface area contributed by atoms with Crippen LogP contribution in [-0.2, 0) is 11.4 Å². The molecule has 4 nitrogen and oxygen atoms in total. The molecule has 0 N–H and O–H groups in total. The molecule has 0 unspecified atom stereocenters. The third kappa shape index (κ3) is 3.66. The molecule has 1 aliphatic rings. The summed E-state index contributed by atoms with van der Waals surface area (Å²) in [5, 5.41) is 0.549. The van der Waals surface area contributed by atoms with Crippen molar-refractivity contribution in [2.75, 3.05) is 6.54 Å². The molecule has 1 saturated heterocycles. The number of carbonyl (C=O) groups is 1. The molecular formula is C17H14ClNO3S2. The second kappa shape index (κ2) is 7.42. The van der Waals surface area contributed by atoms with Crippen LogP contribution in [0.3, 0.4) is 0 Å². The van der Waals surface area contributed by atoms with Gasteiger partial charge in [-0.05, 0) is 31.2 Å². The maximum absolute atomic E-state index is 12.2. The number of ether oxygens (including phenoxy) is 1. The highest BCUT2D eigenvalue weighted by atomic mass is 35.5. The first kappa shape index (κ1) is 17.1. The van der Waals surface area contributed by atoms with Crippen LogP contribution in [0.15, 0.2) is 45.7 Å². The van der Waals surface area contributed by atoms with Gasteiger partial charge in [-0.25, -0.2) is 0 Å². The van der Waals surface area contributed by atoms with Crippen molar-refractivity contribution in [3.05, 3.63) is 57.8 Å². The highest BCUT2D eigenvalue weighted by Crippen LogP contribution is 2.32. The lowest BCUT2D eigenvalue weighted by Gasteiger charge is -2.09. The van der Waals surface area contributed by atoms with Crippen molar-refractivity contribution in [2.24, 2.45) is 0 Å². The summed E-state index contributed by atoms with van der Waals surface area (Å²) in [5.74, 6) is 1.75. The molecule has 0 spiro atoms. The van der Waals surface area contributed by atoms with Crippen LogP contribution >= 0.6 is 35.6 Å². The minimum Gasteiger partial charge on any atom is -0.484 e. The molecule has 0 aliphatic carbocycles. The van der Waals surface area contributed by atoms with Gasteiger partial charge in [-0.2, -0.15) is 0 Å². The molecular weight excluding hydrogens is 366 g/mol. The van der Waals surface area contributed by atoms with E-state index in [1.807, 2.05) is 25.1 Å². The summed E-state index contributed by atoms with van der Waals surface area (Å²) in [5.41, 5.74) is 0. The van der Waals surface area contributed by atoms with E-state index in [-0.39, 0.29) is 12.5 Å². The number of rotatable bonds is 5. The van der Waals surface area contributed by atoms with Crippen molar-refractivity contribution in [1.82, 2.24) is 4.90 Å². The van der Waals surface area contributed by atoms with E-state index in [1.54, 1.807) is 29.2 Å². The van der Waals surface area contributed by atoms with Crippen LogP contribution < -0.4 is 4.74 Å². The third-order valence-corrected chi connectivity index (χ3v) is 5.04. The van der Waals surface area contributed by atoms with E-state index in [0.717, 1.165) is 0 Å². The number of benzene rings is 1. The van der Waals surface area contributed by atoms with Gasteiger partial charge in [-0.1, -0.05) is 47.7 Å². The average Bonchev–Trinajstić information content (AvgIpc) is 3.11. The van der Waals surface area contributed by atoms with Gasteiger partial charge >= 0.3 is 0 Å². The van der Waals surface area contributed by atoms with Gasteiger partial charge in [0.2, 0.25) is 0 Å². The number of likely N-dealkylation sites (N-methyl/N-ethyl adjacent to an activating group) is 1. The van der Waals surface area contributed by atoms with E-state index in [0.29, 0.717) is 38.1 Å². The van der Waals surface area contributed by atoms with Crippen LogP contribution in [-0.4, -0.2) is 21.7 Å². The summed E-state index contributed by atoms with van der Waals surface area (Å²) in [6, 6.07) is 10.9. The Hall–Kier alpha value is -1.76. The van der Waals surface area contributed by atoms with Crippen LogP contribution in [0.25, 0.3) is 6.08 Å². The van der Waals surface area contributed by atoms with Crippen LogP contribution in [0.4, 0.5) is 0 Å². The molecule has 0 atom stereocenters. The maximum atomic E-state index is 12.2. The lowest BCUT2D eigenvalue weighted by molar-refractivity contribution is -0.121. The number of thiocarbonyl (C=S) groups is 1. The SMILES string of the molecule is CCN1C(=O)/C(=C\c2ccc(COc3ccccc3Cl)o2)SC1=S. The molecule has 24 heavy (non-hydrogen) atoms. The number of amides is 1. The molecule has 1 aromatic heterocycles. The van der Waals surface area contributed by atoms with Gasteiger partial charge in [0.1, 0.15) is 28.2 Å². The summed E-state index contributed by atoms with van der Waals surface area (Å²) in [4.78, 5) is 14.3. The smallest absolute Gasteiger partial charge is 0.266 e. The van der Waals surface area contributed by atoms with Crippen molar-refractivity contribution in [3.63, 3.8) is 0 Å².